The Morgan fingerprint density at radius 1 is 1.15 bits per heavy atom. The Morgan fingerprint density at radius 3 is 2.27 bits per heavy atom. The molecule has 4 rings (SSSR count). The molecule has 8 N–H and O–H groups in total. The largest absolute Gasteiger partial charge is 0.510 e. The number of nitrogens with two attached hydrogens (primary N) is 2. The monoisotopic (exact) mass is 576 g/mol. The fraction of sp³-hybridized carbons (Fsp3) is 0.481. The second-order valence-corrected chi connectivity index (χ2v) is 11.8. The minimum atomic E-state index is -2.72. The average molecular weight is 577 g/mol. The van der Waals surface area contributed by atoms with Crippen LogP contribution in [0.1, 0.15) is 41.8 Å². The maximum absolute atomic E-state index is 13.7. The van der Waals surface area contributed by atoms with Crippen LogP contribution in [0.15, 0.2) is 28.7 Å². The summed E-state index contributed by atoms with van der Waals surface area (Å²) in [7, 11) is 4.77. The number of phenolic OH excluding ortho intramolecular Hbond substituents is 1. The number of nitrogens with zero attached hydrogens (tertiary/aromatic N) is 2. The number of carbonyl (C=O) groups is 4. The molecule has 1 aromatic rings. The summed E-state index contributed by atoms with van der Waals surface area (Å²) in [5, 5.41) is 44.9. The van der Waals surface area contributed by atoms with Gasteiger partial charge in [0.05, 0.1) is 17.1 Å². The third kappa shape index (κ3) is 4.00. The first-order chi connectivity index (χ1) is 18.4. The molecule has 13 heteroatoms. The van der Waals surface area contributed by atoms with Gasteiger partial charge in [0.2, 0.25) is 11.7 Å². The van der Waals surface area contributed by atoms with Gasteiger partial charge in [-0.25, -0.2) is 0 Å². The second kappa shape index (κ2) is 9.58. The van der Waals surface area contributed by atoms with Gasteiger partial charge in [0.1, 0.15) is 22.8 Å². The number of allylic oxidation sites excluding steroid dienone is 1. The lowest BCUT2D eigenvalue weighted by molar-refractivity contribution is -0.148. The van der Waals surface area contributed by atoms with E-state index < -0.39 is 75.2 Å². The highest BCUT2D eigenvalue weighted by molar-refractivity contribution is 6.33. The van der Waals surface area contributed by atoms with Crippen LogP contribution in [0, 0.1) is 11.8 Å². The summed E-state index contributed by atoms with van der Waals surface area (Å²) in [6.45, 7) is 3.37. The number of fused-ring (bicyclic) bond motifs is 3. The third-order valence-corrected chi connectivity index (χ3v) is 9.17. The number of benzene rings is 1. The van der Waals surface area contributed by atoms with E-state index in [9.17, 15) is 39.6 Å². The third-order valence-electron chi connectivity index (χ3n) is 8.70. The molecule has 12 nitrogen and oxygen atoms in total. The van der Waals surface area contributed by atoms with Gasteiger partial charge in [-0.2, -0.15) is 0 Å². The van der Waals surface area contributed by atoms with Gasteiger partial charge in [-0.1, -0.05) is 11.6 Å². The van der Waals surface area contributed by atoms with Crippen molar-refractivity contribution in [2.45, 2.75) is 50.4 Å². The molecule has 0 fully saturated rings. The Labute approximate surface area is 235 Å². The summed E-state index contributed by atoms with van der Waals surface area (Å²) in [6.07, 6.45) is -0.000607. The molecule has 1 unspecified atom stereocenters. The fourth-order valence-electron chi connectivity index (χ4n) is 6.11. The molecular formula is C27H33ClN4O8. The van der Waals surface area contributed by atoms with Gasteiger partial charge in [0, 0.05) is 23.1 Å². The predicted octanol–water partition coefficient (Wildman–Crippen LogP) is 0.470. The number of aliphatic hydroxyl groups excluding tert-OH is 2. The molecule has 2 amide bonds. The Bertz CT molecular complexity index is 1430. The zero-order valence-electron chi connectivity index (χ0n) is 22.8. The topological polar surface area (TPSA) is 208 Å². The van der Waals surface area contributed by atoms with Crippen LogP contribution >= 0.6 is 11.6 Å². The normalized spacial score (nSPS) is 26.7. The second-order valence-electron chi connectivity index (χ2n) is 11.5. The maximum Gasteiger partial charge on any atom is 0.255 e. The molecule has 0 saturated heterocycles. The van der Waals surface area contributed by atoms with Crippen LogP contribution in [0.4, 0.5) is 0 Å². The lowest BCUT2D eigenvalue weighted by atomic mass is 9.58. The minimum absolute atomic E-state index is 0.0533. The smallest absolute Gasteiger partial charge is 0.255 e. The van der Waals surface area contributed by atoms with E-state index in [4.69, 9.17) is 23.1 Å². The first-order valence-corrected chi connectivity index (χ1v) is 13.0. The summed E-state index contributed by atoms with van der Waals surface area (Å²) in [5.41, 5.74) is 6.50. The SMILES string of the molecule is CN(C)[C@@H]1C(O)=C(C(N)=O)C(=O)C2(O)C(O)=C3C(=O)c4c(O)cc(CN(C)C(C)(C)C(N)=O)c(Cl)c4C[C@H]3C[C@@H]12. The average Bonchev–Trinajstić information content (AvgIpc) is 2.83. The molecule has 40 heavy (non-hydrogen) atoms. The molecule has 0 bridgehead atoms. The lowest BCUT2D eigenvalue weighted by Crippen LogP contribution is -2.63. The van der Waals surface area contributed by atoms with Gasteiger partial charge < -0.3 is 31.9 Å². The number of halogens is 1. The number of primary amides is 2. The van der Waals surface area contributed by atoms with Crippen molar-refractivity contribution in [3.8, 4) is 5.75 Å². The summed E-state index contributed by atoms with van der Waals surface area (Å²) in [4.78, 5) is 54.2. The number of amides is 2. The van der Waals surface area contributed by atoms with Crippen LogP contribution in [0.2, 0.25) is 5.02 Å². The van der Waals surface area contributed by atoms with Crippen LogP contribution in [0.3, 0.4) is 0 Å². The molecule has 3 aliphatic rings. The van der Waals surface area contributed by atoms with Crippen LogP contribution in [0.5, 0.6) is 5.75 Å². The predicted molar refractivity (Wildman–Crippen MR) is 143 cm³/mol. The van der Waals surface area contributed by atoms with E-state index in [1.807, 2.05) is 0 Å². The van der Waals surface area contributed by atoms with Crippen LogP contribution < -0.4 is 11.5 Å². The molecule has 0 spiro atoms. The number of rotatable bonds is 6. The van der Waals surface area contributed by atoms with Crippen LogP contribution in [0.25, 0.3) is 0 Å². The number of ketones is 2. The van der Waals surface area contributed by atoms with Gasteiger partial charge >= 0.3 is 0 Å². The Balaban J connectivity index is 1.86. The van der Waals surface area contributed by atoms with Crippen molar-refractivity contribution in [1.82, 2.24) is 9.80 Å². The van der Waals surface area contributed by atoms with E-state index in [2.05, 4.69) is 0 Å². The number of likely N-dealkylation sites (N-methyl/N-ethyl adjacent to an activating group) is 2. The first kappa shape index (κ1) is 29.5. The molecule has 0 aliphatic heterocycles. The number of hydrogen-bond donors (Lipinski definition) is 6. The van der Waals surface area contributed by atoms with Crippen LogP contribution in [-0.2, 0) is 27.3 Å². The highest BCUT2D eigenvalue weighted by Gasteiger charge is 2.63. The molecule has 216 valence electrons. The standard InChI is InChI=1S/C27H33ClN4O8/c1-26(2,25(30)39)32(5)9-11-8-14(33)16-12(18(11)28)6-10-7-13-19(31(3)4)21(35)17(24(29)38)23(37)27(13,40)22(36)15(10)20(16)34/h8,10,13,19,33,35-36,40H,6-7,9H2,1-5H3,(H2,29,38)(H2,30,39)/t10-,13-,19-,27?/m0/s1. The lowest BCUT2D eigenvalue weighted by Gasteiger charge is -2.50. The molecule has 0 heterocycles. The number of phenols is 1. The van der Waals surface area contributed by atoms with E-state index in [1.54, 1.807) is 39.9 Å². The molecule has 0 radical (unpaired) electrons. The van der Waals surface area contributed by atoms with Crippen molar-refractivity contribution in [3.63, 3.8) is 0 Å². The van der Waals surface area contributed by atoms with Crippen molar-refractivity contribution in [2.24, 2.45) is 23.3 Å². The maximum atomic E-state index is 13.7. The first-order valence-electron chi connectivity index (χ1n) is 12.6. The summed E-state index contributed by atoms with van der Waals surface area (Å²) >= 11 is 6.75. The highest BCUT2D eigenvalue weighted by atomic mass is 35.5. The zero-order valence-corrected chi connectivity index (χ0v) is 23.5. The number of aromatic hydroxyl groups is 1. The summed E-state index contributed by atoms with van der Waals surface area (Å²) in [6, 6.07) is 0.190. The van der Waals surface area contributed by atoms with Crippen molar-refractivity contribution in [3.05, 3.63) is 50.4 Å². The van der Waals surface area contributed by atoms with Gasteiger partial charge in [-0.3, -0.25) is 29.0 Å². The van der Waals surface area contributed by atoms with Crippen molar-refractivity contribution in [1.29, 1.82) is 0 Å². The molecule has 4 atom stereocenters. The highest BCUT2D eigenvalue weighted by Crippen LogP contribution is 2.53. The van der Waals surface area contributed by atoms with Crippen LogP contribution in [-0.4, -0.2) is 91.9 Å². The van der Waals surface area contributed by atoms with Crippen molar-refractivity contribution < 1.29 is 39.6 Å². The van der Waals surface area contributed by atoms with E-state index in [1.165, 1.54) is 11.0 Å². The quantitative estimate of drug-likeness (QED) is 0.258. The molecule has 0 aromatic heterocycles. The Kier molecular flexibility index (Phi) is 7.07. The van der Waals surface area contributed by atoms with Gasteiger partial charge in [-0.15, -0.1) is 0 Å². The summed E-state index contributed by atoms with van der Waals surface area (Å²) < 4.78 is 0. The van der Waals surface area contributed by atoms with Crippen molar-refractivity contribution in [2.75, 3.05) is 21.1 Å². The number of Topliss-reactive ketones (excluding diaryl/α,β-unsaturated/α-hetero) is 2. The molecule has 0 saturated carbocycles. The molecule has 3 aliphatic carbocycles. The molecule has 1 aromatic carbocycles. The van der Waals surface area contributed by atoms with Gasteiger partial charge in [0.15, 0.2) is 11.4 Å². The zero-order chi connectivity index (χ0) is 30.2. The van der Waals surface area contributed by atoms with E-state index in [0.717, 1.165) is 0 Å². The Hall–Kier alpha value is -3.45. The Morgan fingerprint density at radius 2 is 1.75 bits per heavy atom. The number of carbonyl (C=O) groups excluding carboxylic acids is 4. The number of hydrogen-bond acceptors (Lipinski definition) is 10. The van der Waals surface area contributed by atoms with E-state index >= 15 is 0 Å². The molecular weight excluding hydrogens is 544 g/mol. The van der Waals surface area contributed by atoms with Gasteiger partial charge in [-0.05, 0) is 70.9 Å². The number of aliphatic hydroxyl groups is 3. The fourth-order valence-corrected chi connectivity index (χ4v) is 6.40. The van der Waals surface area contributed by atoms with Gasteiger partial charge in [0.25, 0.3) is 5.91 Å². The van der Waals surface area contributed by atoms with E-state index in [0.29, 0.717) is 11.1 Å². The summed E-state index contributed by atoms with van der Waals surface area (Å²) in [5.74, 6) is -7.92. The van der Waals surface area contributed by atoms with Crippen molar-refractivity contribution >= 4 is 35.0 Å². The minimum Gasteiger partial charge on any atom is -0.510 e. The van der Waals surface area contributed by atoms with E-state index in [-0.39, 0.29) is 35.5 Å².